The zero-order valence-electron chi connectivity index (χ0n) is 30.7. The van der Waals surface area contributed by atoms with Gasteiger partial charge in [0.25, 0.3) is 7.82 Å². The third kappa shape index (κ3) is 37.4. The Morgan fingerprint density at radius 3 is 1.62 bits per heavy atom. The van der Waals surface area contributed by atoms with E-state index in [2.05, 4.69) is 47.9 Å². The van der Waals surface area contributed by atoms with E-state index in [1.807, 2.05) is 21.1 Å². The van der Waals surface area contributed by atoms with Crippen LogP contribution < -0.4 is 4.89 Å². The van der Waals surface area contributed by atoms with Crippen LogP contribution in [0.15, 0.2) is 36.5 Å². The summed E-state index contributed by atoms with van der Waals surface area (Å²) >= 11 is 0. The molecule has 0 bridgehead atoms. The van der Waals surface area contributed by atoms with Gasteiger partial charge in [0.1, 0.15) is 25.9 Å². The summed E-state index contributed by atoms with van der Waals surface area (Å²) in [5.74, 6) is -0.390. The van der Waals surface area contributed by atoms with Crippen molar-refractivity contribution < 1.29 is 37.6 Å². The van der Waals surface area contributed by atoms with Crippen LogP contribution in [0.3, 0.4) is 0 Å². The number of phosphoric acid groups is 1. The van der Waals surface area contributed by atoms with Gasteiger partial charge in [0.15, 0.2) is 0 Å². The lowest BCUT2D eigenvalue weighted by molar-refractivity contribution is -0.870. The number of rotatable bonds is 34. The van der Waals surface area contributed by atoms with Crippen molar-refractivity contribution in [1.29, 1.82) is 0 Å². The molecule has 0 aliphatic carbocycles. The molecule has 0 amide bonds. The van der Waals surface area contributed by atoms with Crippen LogP contribution in [0.2, 0.25) is 0 Å². The molecule has 0 heterocycles. The molecular weight excluding hydrogens is 613 g/mol. The topological polar surface area (TPSA) is 105 Å². The summed E-state index contributed by atoms with van der Waals surface area (Å²) in [4.78, 5) is 23.7. The quantitative estimate of drug-likeness (QED) is 0.0237. The maximum atomic E-state index is 11.9. The second-order valence-corrected chi connectivity index (χ2v) is 15.2. The van der Waals surface area contributed by atoms with Gasteiger partial charge in [-0.05, 0) is 44.9 Å². The number of phosphoric ester groups is 1. The van der Waals surface area contributed by atoms with Crippen LogP contribution in [-0.2, 0) is 23.1 Å². The maximum Gasteiger partial charge on any atom is 0.305 e. The highest BCUT2D eigenvalue weighted by atomic mass is 31.2. The molecule has 9 heteroatoms. The van der Waals surface area contributed by atoms with E-state index in [0.717, 1.165) is 32.1 Å². The summed E-state index contributed by atoms with van der Waals surface area (Å²) in [5, 5.41) is 9.86. The minimum atomic E-state index is -4.50. The molecule has 8 nitrogen and oxygen atoms in total. The third-order valence-electron chi connectivity index (χ3n) is 7.89. The van der Waals surface area contributed by atoms with Crippen molar-refractivity contribution >= 4 is 13.8 Å². The Hall–Kier alpha value is -1.28. The van der Waals surface area contributed by atoms with E-state index in [-0.39, 0.29) is 19.2 Å². The number of aliphatic hydroxyl groups excluding tert-OH is 1. The number of carbonyl (C=O) groups excluding carboxylic acids is 1. The SMILES string of the molecule is CCCCCCC/C=C\C/C=C\C/C=C\CCCCCCCCCCCCCCC(=O)OCC(O)COP(=O)([O-])OCC[N+](C)(C)C. The fourth-order valence-corrected chi connectivity index (χ4v) is 5.63. The van der Waals surface area contributed by atoms with Gasteiger partial charge in [-0.3, -0.25) is 9.36 Å². The van der Waals surface area contributed by atoms with Gasteiger partial charge in [-0.1, -0.05) is 133 Å². The average molecular weight is 686 g/mol. The number of likely N-dealkylation sites (N-methyl/N-ethyl adjacent to an activating group) is 1. The maximum absolute atomic E-state index is 11.9. The number of carbonyl (C=O) groups is 1. The van der Waals surface area contributed by atoms with Gasteiger partial charge in [-0.25, -0.2) is 0 Å². The molecule has 0 aliphatic heterocycles. The van der Waals surface area contributed by atoms with Gasteiger partial charge in [-0.2, -0.15) is 0 Å². The van der Waals surface area contributed by atoms with E-state index in [0.29, 0.717) is 17.4 Å². The van der Waals surface area contributed by atoms with Gasteiger partial charge >= 0.3 is 5.97 Å². The summed E-state index contributed by atoms with van der Waals surface area (Å²) in [5.41, 5.74) is 0. The lowest BCUT2D eigenvalue weighted by Gasteiger charge is -2.27. The van der Waals surface area contributed by atoms with Crippen molar-refractivity contribution in [1.82, 2.24) is 0 Å². The van der Waals surface area contributed by atoms with Crippen LogP contribution >= 0.6 is 7.82 Å². The van der Waals surface area contributed by atoms with Crippen LogP contribution in [-0.4, -0.2) is 69.2 Å². The fourth-order valence-electron chi connectivity index (χ4n) is 4.89. The van der Waals surface area contributed by atoms with E-state index < -0.39 is 20.5 Å². The first-order valence-electron chi connectivity index (χ1n) is 18.7. The predicted molar refractivity (Wildman–Crippen MR) is 194 cm³/mol. The van der Waals surface area contributed by atoms with E-state index in [4.69, 9.17) is 9.26 Å². The third-order valence-corrected chi connectivity index (χ3v) is 8.86. The van der Waals surface area contributed by atoms with Crippen molar-refractivity contribution in [2.24, 2.45) is 0 Å². The molecule has 0 radical (unpaired) electrons. The van der Waals surface area contributed by atoms with E-state index in [1.165, 1.54) is 103 Å². The standard InChI is InChI=1S/C38H72NO7P/c1-5-6-7-8-9-10-11-12-13-14-15-16-17-18-19-20-21-22-23-24-25-26-27-28-29-30-31-32-38(41)44-35-37(40)36-46-47(42,43)45-34-33-39(2,3)4/h11-12,14-15,17-18,37,40H,5-10,13,16,19-36H2,1-4H3/b12-11-,15-14-,18-17-. The highest BCUT2D eigenvalue weighted by Crippen LogP contribution is 2.38. The zero-order valence-corrected chi connectivity index (χ0v) is 31.6. The van der Waals surface area contributed by atoms with Crippen LogP contribution in [0.1, 0.15) is 148 Å². The lowest BCUT2D eigenvalue weighted by Crippen LogP contribution is -2.37. The number of hydrogen-bond acceptors (Lipinski definition) is 7. The predicted octanol–water partition coefficient (Wildman–Crippen LogP) is 9.37. The van der Waals surface area contributed by atoms with Crippen LogP contribution in [0, 0.1) is 0 Å². The number of ether oxygens (including phenoxy) is 1. The minimum Gasteiger partial charge on any atom is -0.756 e. The smallest absolute Gasteiger partial charge is 0.305 e. The van der Waals surface area contributed by atoms with Gasteiger partial charge in [0, 0.05) is 6.42 Å². The molecule has 0 rings (SSSR count). The Bertz CT molecular complexity index is 853. The Morgan fingerprint density at radius 1 is 0.681 bits per heavy atom. The first-order valence-corrected chi connectivity index (χ1v) is 20.2. The number of nitrogens with zero attached hydrogens (tertiary/aromatic N) is 1. The van der Waals surface area contributed by atoms with Gasteiger partial charge in [0.05, 0.1) is 27.7 Å². The summed E-state index contributed by atoms with van der Waals surface area (Å²) in [7, 11) is 1.25. The van der Waals surface area contributed by atoms with Crippen molar-refractivity contribution in [3.05, 3.63) is 36.5 Å². The van der Waals surface area contributed by atoms with Crippen LogP contribution in [0.5, 0.6) is 0 Å². The molecule has 0 aromatic rings. The molecule has 0 spiro atoms. The van der Waals surface area contributed by atoms with Gasteiger partial charge in [-0.15, -0.1) is 0 Å². The van der Waals surface area contributed by atoms with E-state index in [1.54, 1.807) is 0 Å². The molecular formula is C38H72NO7P. The van der Waals surface area contributed by atoms with Crippen molar-refractivity contribution in [2.45, 2.75) is 154 Å². The average Bonchev–Trinajstić information content (AvgIpc) is 3.01. The summed E-state index contributed by atoms with van der Waals surface area (Å²) in [6.45, 7) is 1.94. The monoisotopic (exact) mass is 686 g/mol. The highest BCUT2D eigenvalue weighted by molar-refractivity contribution is 7.45. The molecule has 0 saturated heterocycles. The Labute approximate surface area is 289 Å². The van der Waals surface area contributed by atoms with Crippen molar-refractivity contribution in [3.8, 4) is 0 Å². The first-order chi connectivity index (χ1) is 22.6. The second kappa shape index (κ2) is 32.0. The highest BCUT2D eigenvalue weighted by Gasteiger charge is 2.16. The summed E-state index contributed by atoms with van der Waals surface area (Å²) in [6.07, 6.45) is 38.7. The Balaban J connectivity index is 3.46. The number of unbranched alkanes of at least 4 members (excludes halogenated alkanes) is 17. The molecule has 0 aromatic heterocycles. The van der Waals surface area contributed by atoms with Crippen LogP contribution in [0.4, 0.5) is 0 Å². The number of hydrogen-bond donors (Lipinski definition) is 1. The molecule has 2 atom stereocenters. The number of aliphatic hydroxyl groups is 1. The Morgan fingerprint density at radius 2 is 1.13 bits per heavy atom. The normalized spacial score (nSPS) is 14.4. The summed E-state index contributed by atoms with van der Waals surface area (Å²) in [6, 6.07) is 0. The molecule has 0 aliphatic rings. The number of quaternary nitrogens is 1. The molecule has 1 N–H and O–H groups in total. The fraction of sp³-hybridized carbons (Fsp3) is 0.816. The van der Waals surface area contributed by atoms with Gasteiger partial charge < -0.3 is 28.3 Å². The van der Waals surface area contributed by atoms with Crippen molar-refractivity contribution in [3.63, 3.8) is 0 Å². The minimum absolute atomic E-state index is 0.00902. The number of allylic oxidation sites excluding steroid dienone is 6. The largest absolute Gasteiger partial charge is 0.756 e. The van der Waals surface area contributed by atoms with Crippen LogP contribution in [0.25, 0.3) is 0 Å². The molecule has 0 fully saturated rings. The van der Waals surface area contributed by atoms with E-state index >= 15 is 0 Å². The molecule has 2 unspecified atom stereocenters. The summed E-state index contributed by atoms with van der Waals surface area (Å²) < 4.78 is 26.8. The first kappa shape index (κ1) is 45.7. The molecule has 0 aromatic carbocycles. The lowest BCUT2D eigenvalue weighted by atomic mass is 10.0. The number of esters is 1. The molecule has 47 heavy (non-hydrogen) atoms. The Kier molecular flexibility index (Phi) is 31.1. The van der Waals surface area contributed by atoms with Gasteiger partial charge in [0.2, 0.25) is 0 Å². The zero-order chi connectivity index (χ0) is 34.9. The van der Waals surface area contributed by atoms with E-state index in [9.17, 15) is 19.4 Å². The molecule has 0 saturated carbocycles. The second-order valence-electron chi connectivity index (χ2n) is 13.8. The van der Waals surface area contributed by atoms with Crippen molar-refractivity contribution in [2.75, 3.05) is 47.5 Å². The molecule has 276 valence electrons.